The number of carbonyl (C=O) groups is 2. The minimum Gasteiger partial charge on any atom is -0.488 e. The van der Waals surface area contributed by atoms with Crippen molar-refractivity contribution in [2.24, 2.45) is 5.10 Å². The Balaban J connectivity index is 1.91. The Bertz CT molecular complexity index is 843. The summed E-state index contributed by atoms with van der Waals surface area (Å²) in [4.78, 5) is 23.0. The van der Waals surface area contributed by atoms with Crippen molar-refractivity contribution in [2.75, 3.05) is 6.54 Å². The molecule has 6 nitrogen and oxygen atoms in total. The number of carbonyl (C=O) groups excluding carboxylic acids is 2. The van der Waals surface area contributed by atoms with Gasteiger partial charge in [0.2, 0.25) is 0 Å². The van der Waals surface area contributed by atoms with Crippen LogP contribution in [0.15, 0.2) is 52.0 Å². The molecule has 2 aromatic carbocycles. The highest BCUT2D eigenvalue weighted by atomic mass is 79.9. The zero-order valence-electron chi connectivity index (χ0n) is 14.7. The Morgan fingerprint density at radius 2 is 2.00 bits per heavy atom. The second kappa shape index (κ2) is 10.7. The Hall–Kier alpha value is -2.38. The normalized spacial score (nSPS) is 10.6. The van der Waals surface area contributed by atoms with Gasteiger partial charge in [0.05, 0.1) is 10.7 Å². The summed E-state index contributed by atoms with van der Waals surface area (Å²) in [5, 5.41) is 6.90. The summed E-state index contributed by atoms with van der Waals surface area (Å²) >= 11 is 9.56. The number of hydrogen-bond acceptors (Lipinski definition) is 4. The highest BCUT2D eigenvalue weighted by Gasteiger charge is 2.10. The first-order valence-corrected chi connectivity index (χ1v) is 9.45. The summed E-state index contributed by atoms with van der Waals surface area (Å²) in [6.07, 6.45) is 2.19. The van der Waals surface area contributed by atoms with E-state index in [0.717, 1.165) is 22.0 Å². The molecule has 0 atom stereocenters. The third kappa shape index (κ3) is 6.69. The van der Waals surface area contributed by atoms with Gasteiger partial charge in [-0.05, 0) is 52.2 Å². The molecule has 0 aliphatic heterocycles. The molecule has 8 heteroatoms. The van der Waals surface area contributed by atoms with E-state index in [1.807, 2.05) is 31.2 Å². The number of nitrogens with zero attached hydrogens (tertiary/aromatic N) is 1. The van der Waals surface area contributed by atoms with Crippen molar-refractivity contribution in [1.82, 2.24) is 10.7 Å². The van der Waals surface area contributed by atoms with E-state index >= 15 is 0 Å². The van der Waals surface area contributed by atoms with Crippen LogP contribution < -0.4 is 15.5 Å². The molecule has 0 unspecified atom stereocenters. The van der Waals surface area contributed by atoms with E-state index in [2.05, 4.69) is 31.8 Å². The van der Waals surface area contributed by atoms with Gasteiger partial charge in [-0.25, -0.2) is 5.43 Å². The Morgan fingerprint density at radius 3 is 2.70 bits per heavy atom. The van der Waals surface area contributed by atoms with Gasteiger partial charge in [0.15, 0.2) is 0 Å². The predicted molar refractivity (Wildman–Crippen MR) is 109 cm³/mol. The molecule has 0 saturated carbocycles. The molecule has 0 aromatic heterocycles. The molecule has 0 radical (unpaired) electrons. The maximum atomic E-state index is 11.5. The van der Waals surface area contributed by atoms with Crippen molar-refractivity contribution in [1.29, 1.82) is 0 Å². The number of halogens is 2. The molecule has 2 rings (SSSR count). The molecule has 0 spiro atoms. The number of nitrogens with one attached hydrogen (secondary N) is 2. The predicted octanol–water partition coefficient (Wildman–Crippen LogP) is 3.66. The van der Waals surface area contributed by atoms with E-state index in [0.29, 0.717) is 23.9 Å². The standard InChI is InChI=1S/C19H19BrClN3O3/c1-2-9-22-18(25)19(26)24-23-11-13-7-8-17(15(20)10-13)27-12-14-5-3-4-6-16(14)21/h3-8,10-11H,2,9,12H2,1H3,(H,22,25)(H,24,26)/b23-11-. The highest BCUT2D eigenvalue weighted by Crippen LogP contribution is 2.27. The van der Waals surface area contributed by atoms with Crippen LogP contribution in [0.2, 0.25) is 5.02 Å². The Kier molecular flexibility index (Phi) is 8.29. The number of benzene rings is 2. The van der Waals surface area contributed by atoms with E-state index < -0.39 is 11.8 Å². The molecule has 0 fully saturated rings. The molecule has 0 bridgehead atoms. The second-order valence-electron chi connectivity index (χ2n) is 5.52. The van der Waals surface area contributed by atoms with Gasteiger partial charge >= 0.3 is 11.8 Å². The van der Waals surface area contributed by atoms with Gasteiger partial charge in [-0.15, -0.1) is 0 Å². The van der Waals surface area contributed by atoms with Crippen LogP contribution in [0.25, 0.3) is 0 Å². The van der Waals surface area contributed by atoms with Gasteiger partial charge in [-0.2, -0.15) is 5.10 Å². The topological polar surface area (TPSA) is 79.8 Å². The SMILES string of the molecule is CCCNC(=O)C(=O)N/N=C\c1ccc(OCc2ccccc2Cl)c(Br)c1. The zero-order chi connectivity index (χ0) is 19.6. The largest absolute Gasteiger partial charge is 0.488 e. The Labute approximate surface area is 171 Å². The average molecular weight is 453 g/mol. The molecule has 0 saturated heterocycles. The van der Waals surface area contributed by atoms with Crippen molar-refractivity contribution in [3.63, 3.8) is 0 Å². The maximum Gasteiger partial charge on any atom is 0.329 e. The smallest absolute Gasteiger partial charge is 0.329 e. The van der Waals surface area contributed by atoms with E-state index in [1.54, 1.807) is 18.2 Å². The fraction of sp³-hybridized carbons (Fsp3) is 0.211. The van der Waals surface area contributed by atoms with Crippen molar-refractivity contribution in [2.45, 2.75) is 20.0 Å². The molecular weight excluding hydrogens is 434 g/mol. The van der Waals surface area contributed by atoms with Crippen LogP contribution in [0.3, 0.4) is 0 Å². The fourth-order valence-electron chi connectivity index (χ4n) is 2.02. The van der Waals surface area contributed by atoms with Gasteiger partial charge in [0.1, 0.15) is 12.4 Å². The van der Waals surface area contributed by atoms with Crippen LogP contribution in [0.1, 0.15) is 24.5 Å². The maximum absolute atomic E-state index is 11.5. The molecule has 27 heavy (non-hydrogen) atoms. The van der Waals surface area contributed by atoms with Gasteiger partial charge in [0, 0.05) is 17.1 Å². The van der Waals surface area contributed by atoms with Gasteiger partial charge in [-0.1, -0.05) is 36.7 Å². The number of amides is 2. The molecule has 142 valence electrons. The minimum atomic E-state index is -0.807. The van der Waals surface area contributed by atoms with Crippen LogP contribution in [0.4, 0.5) is 0 Å². The number of ether oxygens (including phenoxy) is 1. The summed E-state index contributed by atoms with van der Waals surface area (Å²) < 4.78 is 6.50. The third-order valence-corrected chi connectivity index (χ3v) is 4.41. The van der Waals surface area contributed by atoms with Crippen molar-refractivity contribution in [3.05, 3.63) is 63.1 Å². The van der Waals surface area contributed by atoms with Gasteiger partial charge in [-0.3, -0.25) is 9.59 Å². The molecule has 2 N–H and O–H groups in total. The van der Waals surface area contributed by atoms with Crippen molar-refractivity contribution in [3.8, 4) is 5.75 Å². The molecule has 0 aliphatic carbocycles. The lowest BCUT2D eigenvalue weighted by Gasteiger charge is -2.10. The summed E-state index contributed by atoms with van der Waals surface area (Å²) in [7, 11) is 0. The lowest BCUT2D eigenvalue weighted by Crippen LogP contribution is -2.38. The molecule has 0 aliphatic rings. The number of hydrazone groups is 1. The van der Waals surface area contributed by atoms with Crippen LogP contribution in [0, 0.1) is 0 Å². The first-order chi connectivity index (χ1) is 13.0. The van der Waals surface area contributed by atoms with Crippen molar-refractivity contribution < 1.29 is 14.3 Å². The van der Waals surface area contributed by atoms with E-state index in [-0.39, 0.29) is 0 Å². The molecule has 2 aromatic rings. The molecule has 0 heterocycles. The molecular formula is C19H19BrClN3O3. The number of hydrogen-bond donors (Lipinski definition) is 2. The number of rotatable bonds is 7. The van der Waals surface area contributed by atoms with Crippen LogP contribution in [-0.4, -0.2) is 24.6 Å². The van der Waals surface area contributed by atoms with Gasteiger partial charge in [0.25, 0.3) is 0 Å². The van der Waals surface area contributed by atoms with Crippen LogP contribution in [0.5, 0.6) is 5.75 Å². The van der Waals surface area contributed by atoms with Crippen molar-refractivity contribution >= 4 is 45.6 Å². The average Bonchev–Trinajstić information content (AvgIpc) is 2.66. The monoisotopic (exact) mass is 451 g/mol. The quantitative estimate of drug-likeness (QED) is 0.382. The summed E-state index contributed by atoms with van der Waals surface area (Å²) in [5.74, 6) is -0.869. The van der Waals surface area contributed by atoms with E-state index in [9.17, 15) is 9.59 Å². The first kappa shape index (κ1) is 20.9. The fourth-order valence-corrected chi connectivity index (χ4v) is 2.72. The van der Waals surface area contributed by atoms with E-state index in [4.69, 9.17) is 16.3 Å². The van der Waals surface area contributed by atoms with Gasteiger partial charge < -0.3 is 10.1 Å². The zero-order valence-corrected chi connectivity index (χ0v) is 17.0. The summed E-state index contributed by atoms with van der Waals surface area (Å²) in [5.41, 5.74) is 3.80. The summed E-state index contributed by atoms with van der Waals surface area (Å²) in [6.45, 7) is 2.68. The third-order valence-electron chi connectivity index (χ3n) is 3.42. The second-order valence-corrected chi connectivity index (χ2v) is 6.79. The minimum absolute atomic E-state index is 0.342. The van der Waals surface area contributed by atoms with E-state index in [1.165, 1.54) is 6.21 Å². The highest BCUT2D eigenvalue weighted by molar-refractivity contribution is 9.10. The lowest BCUT2D eigenvalue weighted by molar-refractivity contribution is -0.139. The lowest BCUT2D eigenvalue weighted by atomic mass is 10.2. The van der Waals surface area contributed by atoms with Crippen LogP contribution in [-0.2, 0) is 16.2 Å². The Morgan fingerprint density at radius 1 is 1.22 bits per heavy atom. The molecule has 2 amide bonds. The van der Waals surface area contributed by atoms with Crippen LogP contribution >= 0.6 is 27.5 Å². The first-order valence-electron chi connectivity index (χ1n) is 8.28. The summed E-state index contributed by atoms with van der Waals surface area (Å²) in [6, 6.07) is 12.8.